The molecule has 2 rings (SSSR count). The maximum absolute atomic E-state index is 11.8. The first-order chi connectivity index (χ1) is 9.82. The van der Waals surface area contributed by atoms with E-state index in [1.165, 1.54) is 24.2 Å². The second-order valence-corrected chi connectivity index (χ2v) is 7.81. The lowest BCUT2D eigenvalue weighted by molar-refractivity contribution is 0.175. The molecule has 1 aromatic rings. The van der Waals surface area contributed by atoms with Crippen molar-refractivity contribution in [3.63, 3.8) is 0 Å². The molecule has 5 nitrogen and oxygen atoms in total. The van der Waals surface area contributed by atoms with E-state index in [1.54, 1.807) is 0 Å². The van der Waals surface area contributed by atoms with Gasteiger partial charge in [0.2, 0.25) is 0 Å². The van der Waals surface area contributed by atoms with Gasteiger partial charge in [-0.2, -0.15) is 0 Å². The molecule has 0 saturated carbocycles. The number of urea groups is 1. The second kappa shape index (κ2) is 6.75. The number of hydrogen-bond acceptors (Lipinski definition) is 4. The van der Waals surface area contributed by atoms with E-state index >= 15 is 0 Å². The number of thiazole rings is 1. The van der Waals surface area contributed by atoms with Crippen LogP contribution in [0.15, 0.2) is 5.38 Å². The van der Waals surface area contributed by atoms with Gasteiger partial charge >= 0.3 is 6.03 Å². The Labute approximate surface area is 131 Å². The van der Waals surface area contributed by atoms with Crippen LogP contribution in [0.25, 0.3) is 0 Å². The number of piperidine rings is 1. The van der Waals surface area contributed by atoms with Crippen molar-refractivity contribution in [2.45, 2.75) is 52.6 Å². The molecule has 0 aromatic carbocycles. The van der Waals surface area contributed by atoms with Gasteiger partial charge in [-0.1, -0.05) is 6.92 Å². The van der Waals surface area contributed by atoms with Gasteiger partial charge in [0.15, 0.2) is 5.13 Å². The molecule has 1 fully saturated rings. The van der Waals surface area contributed by atoms with E-state index in [4.69, 9.17) is 0 Å². The highest BCUT2D eigenvalue weighted by Crippen LogP contribution is 2.20. The first-order valence-corrected chi connectivity index (χ1v) is 8.46. The van der Waals surface area contributed by atoms with E-state index < -0.39 is 0 Å². The van der Waals surface area contributed by atoms with E-state index in [2.05, 4.69) is 27.4 Å². The molecule has 0 bridgehead atoms. The second-order valence-electron chi connectivity index (χ2n) is 6.96. The van der Waals surface area contributed by atoms with Crippen LogP contribution in [0.3, 0.4) is 0 Å². The van der Waals surface area contributed by atoms with Gasteiger partial charge in [-0.05, 0) is 46.1 Å². The fourth-order valence-electron chi connectivity index (χ4n) is 2.57. The third kappa shape index (κ3) is 5.63. The predicted octanol–water partition coefficient (Wildman–Crippen LogP) is 3.30. The molecule has 2 heterocycles. The van der Waals surface area contributed by atoms with Crippen molar-refractivity contribution in [3.8, 4) is 0 Å². The summed E-state index contributed by atoms with van der Waals surface area (Å²) >= 11 is 1.48. The van der Waals surface area contributed by atoms with Gasteiger partial charge in [0.25, 0.3) is 0 Å². The molecule has 1 aliphatic rings. The summed E-state index contributed by atoms with van der Waals surface area (Å²) in [5.74, 6) is 0.771. The SMILES string of the molecule is CC1CCCN(Cc2csc(NC(=O)NC(C)(C)C)n2)C1. The topological polar surface area (TPSA) is 57.3 Å². The summed E-state index contributed by atoms with van der Waals surface area (Å²) < 4.78 is 0. The Kier molecular flexibility index (Phi) is 5.22. The lowest BCUT2D eigenvalue weighted by atomic mass is 10.0. The van der Waals surface area contributed by atoms with Crippen molar-refractivity contribution < 1.29 is 4.79 Å². The standard InChI is InChI=1S/C15H26N4OS/c1-11-6-5-7-19(8-11)9-12-10-21-14(16-12)17-13(20)18-15(2,3)4/h10-11H,5-9H2,1-4H3,(H2,16,17,18,20). The molecule has 1 aliphatic heterocycles. The average Bonchev–Trinajstić information content (AvgIpc) is 2.73. The van der Waals surface area contributed by atoms with Crippen LogP contribution in [0.5, 0.6) is 0 Å². The molecule has 118 valence electrons. The molecule has 0 spiro atoms. The number of aromatic nitrogens is 1. The Morgan fingerprint density at radius 2 is 2.29 bits per heavy atom. The number of anilines is 1. The zero-order valence-corrected chi connectivity index (χ0v) is 14.2. The van der Waals surface area contributed by atoms with E-state index in [9.17, 15) is 4.79 Å². The van der Waals surface area contributed by atoms with E-state index in [1.807, 2.05) is 26.2 Å². The quantitative estimate of drug-likeness (QED) is 0.900. The lowest BCUT2D eigenvalue weighted by Gasteiger charge is -2.30. The van der Waals surface area contributed by atoms with Gasteiger partial charge in [-0.3, -0.25) is 10.2 Å². The highest BCUT2D eigenvalue weighted by Gasteiger charge is 2.18. The molecule has 21 heavy (non-hydrogen) atoms. The number of carbonyl (C=O) groups is 1. The molecule has 1 atom stereocenters. The first-order valence-electron chi connectivity index (χ1n) is 7.58. The van der Waals surface area contributed by atoms with Crippen molar-refractivity contribution >= 4 is 22.5 Å². The normalized spacial score (nSPS) is 20.3. The zero-order valence-electron chi connectivity index (χ0n) is 13.4. The fourth-order valence-corrected chi connectivity index (χ4v) is 3.26. The summed E-state index contributed by atoms with van der Waals surface area (Å²) in [7, 11) is 0. The van der Waals surface area contributed by atoms with Crippen LogP contribution in [0.1, 0.15) is 46.2 Å². The minimum Gasteiger partial charge on any atom is -0.333 e. The smallest absolute Gasteiger partial charge is 0.321 e. The molecular weight excluding hydrogens is 284 g/mol. The van der Waals surface area contributed by atoms with Crippen LogP contribution >= 0.6 is 11.3 Å². The van der Waals surface area contributed by atoms with Gasteiger partial charge in [0.05, 0.1) is 5.69 Å². The average molecular weight is 310 g/mol. The first kappa shape index (κ1) is 16.2. The Morgan fingerprint density at radius 1 is 1.52 bits per heavy atom. The molecule has 0 radical (unpaired) electrons. The summed E-state index contributed by atoms with van der Waals surface area (Å²) in [5.41, 5.74) is 0.800. The van der Waals surface area contributed by atoms with Gasteiger partial charge in [0, 0.05) is 24.0 Å². The Hall–Kier alpha value is -1.14. The van der Waals surface area contributed by atoms with Crippen LogP contribution < -0.4 is 10.6 Å². The van der Waals surface area contributed by atoms with E-state index in [0.717, 1.165) is 31.2 Å². The van der Waals surface area contributed by atoms with E-state index in [-0.39, 0.29) is 11.6 Å². The van der Waals surface area contributed by atoms with Crippen LogP contribution in [-0.2, 0) is 6.54 Å². The molecule has 2 amide bonds. The molecule has 1 unspecified atom stereocenters. The lowest BCUT2D eigenvalue weighted by Crippen LogP contribution is -2.43. The largest absolute Gasteiger partial charge is 0.333 e. The van der Waals surface area contributed by atoms with Crippen molar-refractivity contribution in [3.05, 3.63) is 11.1 Å². The summed E-state index contributed by atoms with van der Waals surface area (Å²) in [6, 6.07) is -0.199. The molecule has 1 saturated heterocycles. The van der Waals surface area contributed by atoms with E-state index in [0.29, 0.717) is 5.13 Å². The summed E-state index contributed by atoms with van der Waals surface area (Å²) in [6.45, 7) is 11.3. The maximum atomic E-state index is 11.8. The maximum Gasteiger partial charge on any atom is 0.321 e. The van der Waals surface area contributed by atoms with Crippen molar-refractivity contribution in [2.75, 3.05) is 18.4 Å². The minimum atomic E-state index is -0.242. The van der Waals surface area contributed by atoms with Crippen LogP contribution in [0.4, 0.5) is 9.93 Å². The third-order valence-corrected chi connectivity index (χ3v) is 4.19. The summed E-state index contributed by atoms with van der Waals surface area (Å²) in [4.78, 5) is 18.8. The fraction of sp³-hybridized carbons (Fsp3) is 0.733. The molecule has 2 N–H and O–H groups in total. The number of nitrogens with zero attached hydrogens (tertiary/aromatic N) is 2. The highest BCUT2D eigenvalue weighted by atomic mass is 32.1. The van der Waals surface area contributed by atoms with Crippen molar-refractivity contribution in [2.24, 2.45) is 5.92 Å². The molecule has 1 aromatic heterocycles. The zero-order chi connectivity index (χ0) is 15.5. The molecular formula is C15H26N4OS. The minimum absolute atomic E-state index is 0.199. The Balaban J connectivity index is 1.85. The van der Waals surface area contributed by atoms with Crippen LogP contribution in [0, 0.1) is 5.92 Å². The van der Waals surface area contributed by atoms with Gasteiger partial charge < -0.3 is 5.32 Å². The monoisotopic (exact) mass is 310 g/mol. The predicted molar refractivity (Wildman–Crippen MR) is 87.7 cm³/mol. The van der Waals surface area contributed by atoms with Gasteiger partial charge in [0.1, 0.15) is 0 Å². The Bertz CT molecular complexity index is 480. The van der Waals surface area contributed by atoms with Crippen molar-refractivity contribution in [1.29, 1.82) is 0 Å². The summed E-state index contributed by atoms with van der Waals surface area (Å²) in [5, 5.41) is 8.37. The number of amides is 2. The Morgan fingerprint density at radius 3 is 2.95 bits per heavy atom. The number of nitrogens with one attached hydrogen (secondary N) is 2. The van der Waals surface area contributed by atoms with Gasteiger partial charge in [-0.15, -0.1) is 11.3 Å². The van der Waals surface area contributed by atoms with Crippen molar-refractivity contribution in [1.82, 2.24) is 15.2 Å². The number of carbonyl (C=O) groups excluding carboxylic acids is 1. The van der Waals surface area contributed by atoms with Gasteiger partial charge in [-0.25, -0.2) is 9.78 Å². The number of hydrogen-bond donors (Lipinski definition) is 2. The van der Waals surface area contributed by atoms with Crippen LogP contribution in [-0.4, -0.2) is 34.5 Å². The molecule has 6 heteroatoms. The summed E-state index contributed by atoms with van der Waals surface area (Å²) in [6.07, 6.45) is 2.59. The number of rotatable bonds is 3. The third-order valence-electron chi connectivity index (χ3n) is 3.39. The van der Waals surface area contributed by atoms with Crippen LogP contribution in [0.2, 0.25) is 0 Å². The molecule has 0 aliphatic carbocycles. The highest BCUT2D eigenvalue weighted by molar-refractivity contribution is 7.13. The number of likely N-dealkylation sites (tertiary alicyclic amines) is 1.